The van der Waals surface area contributed by atoms with E-state index in [2.05, 4.69) is 5.32 Å². The Bertz CT molecular complexity index is 548. The molecule has 0 radical (unpaired) electrons. The van der Waals surface area contributed by atoms with E-state index < -0.39 is 11.9 Å². The third-order valence-electron chi connectivity index (χ3n) is 4.64. The average Bonchev–Trinajstić information content (AvgIpc) is 2.94. The van der Waals surface area contributed by atoms with Gasteiger partial charge in [-0.1, -0.05) is 31.0 Å². The van der Waals surface area contributed by atoms with Crippen LogP contribution in [-0.4, -0.2) is 17.9 Å². The van der Waals surface area contributed by atoms with Gasteiger partial charge in [0.1, 0.15) is 6.04 Å². The third-order valence-corrected chi connectivity index (χ3v) is 4.64. The largest absolute Gasteiger partial charge is 0.368 e. The molecule has 1 aromatic rings. The highest BCUT2D eigenvalue weighted by molar-refractivity contribution is 5.86. The minimum Gasteiger partial charge on any atom is -0.368 e. The standard InChI is InChI=1S/C18H26N2O2/c1-12-7-8-15(9-13(12)2)10-16(18(19)22)20-17(21)11-14-5-3-4-6-14/h7-9,14,16H,3-6,10-11H2,1-2H3,(H2,19,22)(H,20,21)/t16-/m0/s1. The van der Waals surface area contributed by atoms with Crippen molar-refractivity contribution in [1.82, 2.24) is 5.32 Å². The lowest BCUT2D eigenvalue weighted by Crippen LogP contribution is -2.46. The zero-order valence-electron chi connectivity index (χ0n) is 13.5. The molecule has 1 atom stereocenters. The van der Waals surface area contributed by atoms with Crippen LogP contribution in [0.3, 0.4) is 0 Å². The van der Waals surface area contributed by atoms with Crippen LogP contribution in [0.1, 0.15) is 48.8 Å². The van der Waals surface area contributed by atoms with Crippen molar-refractivity contribution in [2.45, 2.75) is 58.4 Å². The molecule has 4 nitrogen and oxygen atoms in total. The van der Waals surface area contributed by atoms with E-state index in [-0.39, 0.29) is 5.91 Å². The Kier molecular flexibility index (Phi) is 5.58. The summed E-state index contributed by atoms with van der Waals surface area (Å²) in [4.78, 5) is 23.7. The molecular formula is C18H26N2O2. The normalized spacial score (nSPS) is 16.5. The van der Waals surface area contributed by atoms with E-state index in [1.54, 1.807) is 0 Å². The van der Waals surface area contributed by atoms with Crippen LogP contribution >= 0.6 is 0 Å². The maximum atomic E-state index is 12.1. The molecule has 3 N–H and O–H groups in total. The maximum Gasteiger partial charge on any atom is 0.240 e. The Morgan fingerprint density at radius 3 is 2.50 bits per heavy atom. The summed E-state index contributed by atoms with van der Waals surface area (Å²) in [5.74, 6) is -0.0623. The Hall–Kier alpha value is -1.84. The Labute approximate surface area is 132 Å². The SMILES string of the molecule is Cc1ccc(C[C@H](NC(=O)CC2CCCC2)C(N)=O)cc1C. The zero-order chi connectivity index (χ0) is 16.1. The lowest BCUT2D eigenvalue weighted by molar-refractivity contribution is -0.127. The average molecular weight is 302 g/mol. The molecule has 2 rings (SSSR count). The highest BCUT2D eigenvalue weighted by Crippen LogP contribution is 2.27. The number of primary amides is 1. The number of nitrogens with one attached hydrogen (secondary N) is 1. The van der Waals surface area contributed by atoms with Crippen LogP contribution in [0.15, 0.2) is 18.2 Å². The van der Waals surface area contributed by atoms with Gasteiger partial charge in [0.15, 0.2) is 0 Å². The lowest BCUT2D eigenvalue weighted by Gasteiger charge is -2.17. The van der Waals surface area contributed by atoms with Crippen molar-refractivity contribution in [3.8, 4) is 0 Å². The fraction of sp³-hybridized carbons (Fsp3) is 0.556. The molecule has 1 fully saturated rings. The Morgan fingerprint density at radius 1 is 1.23 bits per heavy atom. The molecule has 0 saturated heterocycles. The van der Waals surface area contributed by atoms with Gasteiger partial charge in [0.2, 0.25) is 11.8 Å². The third kappa shape index (κ3) is 4.58. The minimum atomic E-state index is -0.629. The molecule has 4 heteroatoms. The van der Waals surface area contributed by atoms with Gasteiger partial charge in [-0.2, -0.15) is 0 Å². The summed E-state index contributed by atoms with van der Waals surface area (Å²) in [5, 5.41) is 2.81. The van der Waals surface area contributed by atoms with Crippen LogP contribution in [0.4, 0.5) is 0 Å². The fourth-order valence-corrected chi connectivity index (χ4v) is 3.12. The predicted molar refractivity (Wildman–Crippen MR) is 87.3 cm³/mol. The van der Waals surface area contributed by atoms with Crippen molar-refractivity contribution in [2.75, 3.05) is 0 Å². The minimum absolute atomic E-state index is 0.0560. The molecule has 120 valence electrons. The summed E-state index contributed by atoms with van der Waals surface area (Å²) in [6.07, 6.45) is 5.61. The molecule has 22 heavy (non-hydrogen) atoms. The van der Waals surface area contributed by atoms with E-state index in [1.807, 2.05) is 32.0 Å². The van der Waals surface area contributed by atoms with Crippen LogP contribution in [-0.2, 0) is 16.0 Å². The number of aryl methyl sites for hydroxylation is 2. The van der Waals surface area contributed by atoms with Gasteiger partial charge < -0.3 is 11.1 Å². The fourth-order valence-electron chi connectivity index (χ4n) is 3.12. The van der Waals surface area contributed by atoms with Crippen LogP contribution in [0.25, 0.3) is 0 Å². The number of carbonyl (C=O) groups is 2. The molecular weight excluding hydrogens is 276 g/mol. The summed E-state index contributed by atoms with van der Waals surface area (Å²) in [7, 11) is 0. The van der Waals surface area contributed by atoms with Crippen LogP contribution in [0.5, 0.6) is 0 Å². The predicted octanol–water partition coefficient (Wildman–Crippen LogP) is 2.40. The molecule has 0 spiro atoms. The van der Waals surface area contributed by atoms with Crippen LogP contribution in [0, 0.1) is 19.8 Å². The molecule has 1 aliphatic carbocycles. The number of amides is 2. The second kappa shape index (κ2) is 7.43. The summed E-state index contributed by atoms with van der Waals surface area (Å²) in [6.45, 7) is 4.09. The van der Waals surface area contributed by atoms with Gasteiger partial charge in [-0.3, -0.25) is 9.59 Å². The zero-order valence-corrected chi connectivity index (χ0v) is 13.5. The van der Waals surface area contributed by atoms with Crippen LogP contribution < -0.4 is 11.1 Å². The van der Waals surface area contributed by atoms with Crippen molar-refractivity contribution in [2.24, 2.45) is 11.7 Å². The van der Waals surface area contributed by atoms with E-state index in [0.29, 0.717) is 18.8 Å². The smallest absolute Gasteiger partial charge is 0.240 e. The van der Waals surface area contributed by atoms with Gasteiger partial charge in [-0.05, 0) is 49.3 Å². The number of hydrogen-bond acceptors (Lipinski definition) is 2. The second-order valence-corrected chi connectivity index (χ2v) is 6.50. The molecule has 0 unspecified atom stereocenters. The molecule has 0 heterocycles. The summed E-state index contributed by atoms with van der Waals surface area (Å²) in [6, 6.07) is 5.44. The van der Waals surface area contributed by atoms with E-state index in [1.165, 1.54) is 24.0 Å². The van der Waals surface area contributed by atoms with Crippen molar-refractivity contribution in [3.05, 3.63) is 34.9 Å². The number of benzene rings is 1. The topological polar surface area (TPSA) is 72.2 Å². The second-order valence-electron chi connectivity index (χ2n) is 6.50. The van der Waals surface area contributed by atoms with Crippen molar-refractivity contribution < 1.29 is 9.59 Å². The van der Waals surface area contributed by atoms with Gasteiger partial charge in [0.05, 0.1) is 0 Å². The maximum absolute atomic E-state index is 12.1. The Balaban J connectivity index is 1.95. The van der Waals surface area contributed by atoms with Crippen molar-refractivity contribution in [3.63, 3.8) is 0 Å². The van der Waals surface area contributed by atoms with Gasteiger partial charge in [0, 0.05) is 12.8 Å². The molecule has 0 aliphatic heterocycles. The monoisotopic (exact) mass is 302 g/mol. The Morgan fingerprint density at radius 2 is 1.91 bits per heavy atom. The van der Waals surface area contributed by atoms with Gasteiger partial charge in [-0.15, -0.1) is 0 Å². The first kappa shape index (κ1) is 16.5. The molecule has 1 aliphatic rings. The van der Waals surface area contributed by atoms with Crippen LogP contribution in [0.2, 0.25) is 0 Å². The van der Waals surface area contributed by atoms with E-state index in [0.717, 1.165) is 18.4 Å². The van der Waals surface area contributed by atoms with E-state index >= 15 is 0 Å². The summed E-state index contributed by atoms with van der Waals surface area (Å²) >= 11 is 0. The summed E-state index contributed by atoms with van der Waals surface area (Å²) in [5.41, 5.74) is 8.87. The summed E-state index contributed by atoms with van der Waals surface area (Å²) < 4.78 is 0. The highest BCUT2D eigenvalue weighted by atomic mass is 16.2. The van der Waals surface area contributed by atoms with E-state index in [9.17, 15) is 9.59 Å². The number of carbonyl (C=O) groups excluding carboxylic acids is 2. The molecule has 0 bridgehead atoms. The molecule has 0 aromatic heterocycles. The lowest BCUT2D eigenvalue weighted by atomic mass is 9.99. The first-order valence-electron chi connectivity index (χ1n) is 8.10. The number of hydrogen-bond donors (Lipinski definition) is 2. The van der Waals surface area contributed by atoms with Crippen molar-refractivity contribution >= 4 is 11.8 Å². The molecule has 2 amide bonds. The number of rotatable bonds is 6. The van der Waals surface area contributed by atoms with Gasteiger partial charge in [0.25, 0.3) is 0 Å². The molecule has 1 aromatic carbocycles. The molecule has 1 saturated carbocycles. The first-order valence-corrected chi connectivity index (χ1v) is 8.10. The quantitative estimate of drug-likeness (QED) is 0.847. The number of nitrogens with two attached hydrogens (primary N) is 1. The first-order chi connectivity index (χ1) is 10.5. The van der Waals surface area contributed by atoms with Gasteiger partial charge in [-0.25, -0.2) is 0 Å². The van der Waals surface area contributed by atoms with Crippen molar-refractivity contribution in [1.29, 1.82) is 0 Å². The van der Waals surface area contributed by atoms with E-state index in [4.69, 9.17) is 5.73 Å². The van der Waals surface area contributed by atoms with Gasteiger partial charge >= 0.3 is 0 Å². The highest BCUT2D eigenvalue weighted by Gasteiger charge is 2.22.